The maximum absolute atomic E-state index is 14.7. The molecule has 2 N–H and O–H groups in total. The number of pyridine rings is 1. The van der Waals surface area contributed by atoms with Crippen molar-refractivity contribution in [2.75, 3.05) is 26.2 Å². The first-order valence-corrected chi connectivity index (χ1v) is 10.6. The highest BCUT2D eigenvalue weighted by molar-refractivity contribution is 6.30. The number of carbonyl (C=O) groups excluding carboxylic acids is 1. The van der Waals surface area contributed by atoms with Crippen LogP contribution < -0.4 is 10.6 Å². The number of carbonyl (C=O) groups is 1. The van der Waals surface area contributed by atoms with Gasteiger partial charge in [-0.25, -0.2) is 4.98 Å². The molecule has 30 heavy (non-hydrogen) atoms. The fraction of sp³-hybridized carbons (Fsp3) is 0.600. The van der Waals surface area contributed by atoms with Gasteiger partial charge in [0.05, 0.1) is 5.02 Å². The summed E-state index contributed by atoms with van der Waals surface area (Å²) in [5.74, 6) is 0.107. The molecule has 2 aromatic rings. The van der Waals surface area contributed by atoms with Crippen molar-refractivity contribution < 1.29 is 9.18 Å². The topological polar surface area (TPSA) is 61.7 Å². The molecule has 0 aliphatic carbocycles. The first-order valence-electron chi connectivity index (χ1n) is 10.2. The number of amides is 1. The van der Waals surface area contributed by atoms with E-state index in [0.29, 0.717) is 41.1 Å². The predicted molar refractivity (Wildman–Crippen MR) is 120 cm³/mol. The molecule has 0 aromatic carbocycles. The smallest absolute Gasteiger partial charge is 0.274 e. The summed E-state index contributed by atoms with van der Waals surface area (Å²) < 4.78 is 15.9. The van der Waals surface area contributed by atoms with Crippen LogP contribution in [0, 0.1) is 17.8 Å². The molecule has 3 fully saturated rings. The normalized spacial score (nSPS) is 28.2. The highest BCUT2D eigenvalue weighted by atomic mass is 35.5. The quantitative estimate of drug-likeness (QED) is 0.711. The second kappa shape index (κ2) is 9.57. The van der Waals surface area contributed by atoms with E-state index in [4.69, 9.17) is 11.6 Å². The van der Waals surface area contributed by atoms with Crippen LogP contribution in [0.15, 0.2) is 18.3 Å². The fourth-order valence-electron chi connectivity index (χ4n) is 5.46. The largest absolute Gasteiger partial charge is 0.349 e. The Hall–Kier alpha value is -1.12. The van der Waals surface area contributed by atoms with Gasteiger partial charge in [-0.2, -0.15) is 4.39 Å². The van der Waals surface area contributed by atoms with Gasteiger partial charge in [0, 0.05) is 24.8 Å². The SMILES string of the molecule is Cl.Cl.O=C(NC[C@H]1[C@@H]2CNC[C@@H](C2)[C@@H]2CCCCN21)c1nc2ccc(Cl)cn2c1F. The maximum Gasteiger partial charge on any atom is 0.274 e. The van der Waals surface area contributed by atoms with Gasteiger partial charge in [0.2, 0.25) is 5.95 Å². The van der Waals surface area contributed by atoms with Gasteiger partial charge in [-0.15, -0.1) is 24.8 Å². The molecule has 166 valence electrons. The summed E-state index contributed by atoms with van der Waals surface area (Å²) in [7, 11) is 0. The maximum atomic E-state index is 14.7. The van der Waals surface area contributed by atoms with Crippen molar-refractivity contribution in [2.24, 2.45) is 11.8 Å². The lowest BCUT2D eigenvalue weighted by molar-refractivity contribution is -0.0371. The van der Waals surface area contributed by atoms with Crippen LogP contribution in [0.3, 0.4) is 0 Å². The Kier molecular flexibility index (Phi) is 7.51. The second-order valence-corrected chi connectivity index (χ2v) is 8.76. The number of nitrogens with zero attached hydrogens (tertiary/aromatic N) is 3. The average Bonchev–Trinajstić information content (AvgIpc) is 3.04. The number of halogens is 4. The zero-order valence-electron chi connectivity index (χ0n) is 16.5. The minimum absolute atomic E-state index is 0. The summed E-state index contributed by atoms with van der Waals surface area (Å²) in [4.78, 5) is 19.5. The van der Waals surface area contributed by atoms with E-state index in [1.165, 1.54) is 36.3 Å². The molecule has 0 saturated carbocycles. The first kappa shape index (κ1) is 23.5. The van der Waals surface area contributed by atoms with Crippen LogP contribution in [0.2, 0.25) is 5.02 Å². The van der Waals surface area contributed by atoms with Crippen LogP contribution in [-0.2, 0) is 0 Å². The number of hydrogen-bond acceptors (Lipinski definition) is 4. The van der Waals surface area contributed by atoms with Crippen molar-refractivity contribution >= 4 is 48.0 Å². The van der Waals surface area contributed by atoms with Crippen molar-refractivity contribution in [2.45, 2.75) is 37.8 Å². The molecule has 6 nitrogen and oxygen atoms in total. The Morgan fingerprint density at radius 2 is 2.07 bits per heavy atom. The first-order chi connectivity index (χ1) is 13.6. The van der Waals surface area contributed by atoms with Crippen molar-refractivity contribution in [1.82, 2.24) is 24.9 Å². The Morgan fingerprint density at radius 1 is 1.27 bits per heavy atom. The number of piperidine rings is 3. The molecule has 3 aliphatic rings. The van der Waals surface area contributed by atoms with E-state index >= 15 is 0 Å². The van der Waals surface area contributed by atoms with E-state index < -0.39 is 11.9 Å². The third kappa shape index (κ3) is 4.15. The molecule has 2 aromatic heterocycles. The summed E-state index contributed by atoms with van der Waals surface area (Å²) in [5, 5.41) is 6.93. The Bertz CT molecular complexity index is 910. The molecular formula is C20H27Cl3FN5O. The van der Waals surface area contributed by atoms with Gasteiger partial charge in [0.25, 0.3) is 5.91 Å². The van der Waals surface area contributed by atoms with E-state index in [2.05, 4.69) is 20.5 Å². The van der Waals surface area contributed by atoms with E-state index in [-0.39, 0.29) is 30.5 Å². The van der Waals surface area contributed by atoms with Crippen LogP contribution in [0.1, 0.15) is 36.2 Å². The van der Waals surface area contributed by atoms with E-state index in [1.807, 2.05) is 0 Å². The molecule has 5 heterocycles. The lowest BCUT2D eigenvalue weighted by Crippen LogP contribution is -2.65. The molecule has 0 radical (unpaired) electrons. The van der Waals surface area contributed by atoms with Crippen molar-refractivity contribution in [3.8, 4) is 0 Å². The predicted octanol–water partition coefficient (Wildman–Crippen LogP) is 3.16. The zero-order valence-corrected chi connectivity index (χ0v) is 18.9. The molecule has 1 amide bonds. The monoisotopic (exact) mass is 477 g/mol. The average molecular weight is 479 g/mol. The van der Waals surface area contributed by atoms with E-state index in [0.717, 1.165) is 19.6 Å². The summed E-state index contributed by atoms with van der Waals surface area (Å²) in [6.07, 6.45) is 6.40. The molecular weight excluding hydrogens is 452 g/mol. The molecule has 10 heteroatoms. The molecule has 0 spiro atoms. The fourth-order valence-corrected chi connectivity index (χ4v) is 5.62. The highest BCUT2D eigenvalue weighted by Gasteiger charge is 2.45. The van der Waals surface area contributed by atoms with Gasteiger partial charge in [-0.05, 0) is 62.9 Å². The van der Waals surface area contributed by atoms with E-state index in [9.17, 15) is 9.18 Å². The Labute approximate surface area is 192 Å². The summed E-state index contributed by atoms with van der Waals surface area (Å²) >= 11 is 5.93. The zero-order chi connectivity index (χ0) is 19.3. The number of nitrogens with one attached hydrogen (secondary N) is 2. The van der Waals surface area contributed by atoms with E-state index in [1.54, 1.807) is 12.1 Å². The number of aromatic nitrogens is 2. The molecule has 0 unspecified atom stereocenters. The lowest BCUT2D eigenvalue weighted by Gasteiger charge is -2.55. The summed E-state index contributed by atoms with van der Waals surface area (Å²) in [6.45, 7) is 3.72. The molecule has 3 saturated heterocycles. The summed E-state index contributed by atoms with van der Waals surface area (Å²) in [5.41, 5.74) is 0.202. The lowest BCUT2D eigenvalue weighted by atomic mass is 9.73. The van der Waals surface area contributed by atoms with Gasteiger partial charge >= 0.3 is 0 Å². The summed E-state index contributed by atoms with van der Waals surface area (Å²) in [6, 6.07) is 4.15. The minimum Gasteiger partial charge on any atom is -0.349 e. The van der Waals surface area contributed by atoms with Gasteiger partial charge in [0.15, 0.2) is 5.69 Å². The Morgan fingerprint density at radius 3 is 2.90 bits per heavy atom. The molecule has 4 atom stereocenters. The van der Waals surface area contributed by atoms with Crippen LogP contribution in [0.5, 0.6) is 0 Å². The van der Waals surface area contributed by atoms with Crippen LogP contribution >= 0.6 is 36.4 Å². The number of rotatable bonds is 3. The van der Waals surface area contributed by atoms with Crippen LogP contribution in [0.25, 0.3) is 5.65 Å². The second-order valence-electron chi connectivity index (χ2n) is 8.32. The van der Waals surface area contributed by atoms with Gasteiger partial charge < -0.3 is 10.6 Å². The number of hydrogen-bond donors (Lipinski definition) is 2. The Balaban J connectivity index is 0.00000128. The van der Waals surface area contributed by atoms with Crippen molar-refractivity contribution in [3.63, 3.8) is 0 Å². The van der Waals surface area contributed by atoms with Gasteiger partial charge in [0.1, 0.15) is 5.65 Å². The molecule has 3 aliphatic heterocycles. The number of fused-ring (bicyclic) bond motifs is 5. The molecule has 5 rings (SSSR count). The van der Waals surface area contributed by atoms with Crippen LogP contribution in [0.4, 0.5) is 4.39 Å². The van der Waals surface area contributed by atoms with Crippen molar-refractivity contribution in [3.05, 3.63) is 35.0 Å². The third-order valence-corrected chi connectivity index (χ3v) is 6.96. The number of imidazole rings is 1. The van der Waals surface area contributed by atoms with Gasteiger partial charge in [-0.3, -0.25) is 14.1 Å². The van der Waals surface area contributed by atoms with Crippen LogP contribution in [-0.4, -0.2) is 58.5 Å². The highest BCUT2D eigenvalue weighted by Crippen LogP contribution is 2.38. The minimum atomic E-state index is -0.672. The third-order valence-electron chi connectivity index (χ3n) is 6.74. The molecule has 2 bridgehead atoms. The van der Waals surface area contributed by atoms with Gasteiger partial charge in [-0.1, -0.05) is 18.0 Å². The van der Waals surface area contributed by atoms with Crippen molar-refractivity contribution in [1.29, 1.82) is 0 Å². The standard InChI is InChI=1S/C20H25ClFN5O.2ClH/c21-14-4-5-17-25-18(19(22)27(17)11-14)20(28)24-10-16-13-7-12(8-23-9-13)15-3-1-2-6-26(15)16;;/h4-5,11-13,15-16,23H,1-3,6-10H2,(H,24,28);2*1H/t12-,13+,15+,16+;;/m1../s1.